The van der Waals surface area contributed by atoms with Gasteiger partial charge in [0.15, 0.2) is 5.82 Å². The monoisotopic (exact) mass is 447 g/mol. The number of hydrogen-bond acceptors (Lipinski definition) is 8. The SMILES string of the molecule is COC(=O)c1ccc(Oc2ncnc(NNC(=O)c3ccc(Cl)cc3Cl)c2N)cc1. The largest absolute Gasteiger partial charge is 0.465 e. The number of carbonyl (C=O) groups excluding carboxylic acids is 2. The minimum Gasteiger partial charge on any atom is -0.465 e. The lowest BCUT2D eigenvalue weighted by Gasteiger charge is -2.13. The van der Waals surface area contributed by atoms with Crippen LogP contribution < -0.4 is 21.3 Å². The summed E-state index contributed by atoms with van der Waals surface area (Å²) in [6.07, 6.45) is 1.21. The number of aromatic nitrogens is 2. The molecule has 11 heteroatoms. The Bertz CT molecular complexity index is 1090. The predicted molar refractivity (Wildman–Crippen MR) is 112 cm³/mol. The number of carbonyl (C=O) groups is 2. The van der Waals surface area contributed by atoms with E-state index >= 15 is 0 Å². The Kier molecular flexibility index (Phi) is 6.55. The van der Waals surface area contributed by atoms with E-state index in [1.165, 1.54) is 37.7 Å². The van der Waals surface area contributed by atoms with Crippen LogP contribution in [0.2, 0.25) is 10.0 Å². The highest BCUT2D eigenvalue weighted by molar-refractivity contribution is 6.36. The molecular weight excluding hydrogens is 433 g/mol. The number of halogens is 2. The highest BCUT2D eigenvalue weighted by Gasteiger charge is 2.14. The van der Waals surface area contributed by atoms with Gasteiger partial charge in [-0.05, 0) is 42.5 Å². The lowest BCUT2D eigenvalue weighted by atomic mass is 10.2. The van der Waals surface area contributed by atoms with Gasteiger partial charge in [-0.25, -0.2) is 9.78 Å². The van der Waals surface area contributed by atoms with Gasteiger partial charge in [0.25, 0.3) is 5.91 Å². The third kappa shape index (κ3) is 4.88. The summed E-state index contributed by atoms with van der Waals surface area (Å²) in [6.45, 7) is 0. The number of methoxy groups -OCH3 is 1. The average molecular weight is 448 g/mol. The van der Waals surface area contributed by atoms with Crippen molar-refractivity contribution in [3.63, 3.8) is 0 Å². The van der Waals surface area contributed by atoms with E-state index in [9.17, 15) is 9.59 Å². The quantitative estimate of drug-likeness (QED) is 0.385. The number of esters is 1. The molecule has 0 bridgehead atoms. The zero-order valence-electron chi connectivity index (χ0n) is 15.5. The number of hydrogen-bond donors (Lipinski definition) is 3. The second kappa shape index (κ2) is 9.29. The number of hydrazine groups is 1. The van der Waals surface area contributed by atoms with Crippen LogP contribution in [0, 0.1) is 0 Å². The minimum atomic E-state index is -0.518. The first kappa shape index (κ1) is 21.2. The predicted octanol–water partition coefficient (Wildman–Crippen LogP) is 3.70. The molecular formula is C19H15Cl2N5O4. The van der Waals surface area contributed by atoms with E-state index in [0.29, 0.717) is 16.3 Å². The highest BCUT2D eigenvalue weighted by Crippen LogP contribution is 2.29. The van der Waals surface area contributed by atoms with Crippen molar-refractivity contribution >= 4 is 46.6 Å². The summed E-state index contributed by atoms with van der Waals surface area (Å²) in [7, 11) is 1.29. The molecule has 0 aliphatic carbocycles. The molecule has 0 atom stereocenters. The molecule has 1 heterocycles. The van der Waals surface area contributed by atoms with Crippen molar-refractivity contribution in [2.75, 3.05) is 18.3 Å². The van der Waals surface area contributed by atoms with Crippen LogP contribution in [0.1, 0.15) is 20.7 Å². The van der Waals surface area contributed by atoms with Crippen molar-refractivity contribution in [3.8, 4) is 11.6 Å². The second-order valence-electron chi connectivity index (χ2n) is 5.76. The second-order valence-corrected chi connectivity index (χ2v) is 6.61. The van der Waals surface area contributed by atoms with Crippen LogP contribution >= 0.6 is 23.2 Å². The number of amides is 1. The Balaban J connectivity index is 1.70. The molecule has 0 aliphatic heterocycles. The van der Waals surface area contributed by atoms with Gasteiger partial charge in [-0.3, -0.25) is 15.6 Å². The van der Waals surface area contributed by atoms with E-state index < -0.39 is 11.9 Å². The molecule has 0 saturated heterocycles. The first-order chi connectivity index (χ1) is 14.4. The molecule has 9 nitrogen and oxygen atoms in total. The molecule has 0 spiro atoms. The third-order valence-electron chi connectivity index (χ3n) is 3.81. The summed E-state index contributed by atoms with van der Waals surface area (Å²) >= 11 is 11.8. The molecule has 1 amide bonds. The molecule has 3 aromatic rings. The zero-order valence-corrected chi connectivity index (χ0v) is 17.0. The van der Waals surface area contributed by atoms with Crippen LogP contribution in [-0.4, -0.2) is 29.0 Å². The van der Waals surface area contributed by atoms with E-state index in [0.717, 1.165) is 0 Å². The third-order valence-corrected chi connectivity index (χ3v) is 4.36. The summed E-state index contributed by atoms with van der Waals surface area (Å²) in [6, 6.07) is 10.7. The Morgan fingerprint density at radius 3 is 2.47 bits per heavy atom. The van der Waals surface area contributed by atoms with E-state index in [1.807, 2.05) is 0 Å². The minimum absolute atomic E-state index is 0.0528. The zero-order chi connectivity index (χ0) is 21.7. The van der Waals surface area contributed by atoms with Crippen LogP contribution in [0.15, 0.2) is 48.8 Å². The fourth-order valence-electron chi connectivity index (χ4n) is 2.31. The fourth-order valence-corrected chi connectivity index (χ4v) is 2.80. The normalized spacial score (nSPS) is 10.2. The number of ether oxygens (including phenoxy) is 2. The van der Waals surface area contributed by atoms with Crippen LogP contribution in [0.3, 0.4) is 0 Å². The van der Waals surface area contributed by atoms with Gasteiger partial charge in [0.1, 0.15) is 17.8 Å². The molecule has 3 rings (SSSR count). The maximum absolute atomic E-state index is 12.3. The van der Waals surface area contributed by atoms with E-state index in [4.69, 9.17) is 33.7 Å². The molecule has 0 saturated carbocycles. The molecule has 4 N–H and O–H groups in total. The van der Waals surface area contributed by atoms with Crippen molar-refractivity contribution in [1.29, 1.82) is 0 Å². The van der Waals surface area contributed by atoms with Crippen molar-refractivity contribution in [3.05, 3.63) is 70.0 Å². The summed E-state index contributed by atoms with van der Waals surface area (Å²) in [4.78, 5) is 31.7. The Hall–Kier alpha value is -3.56. The van der Waals surface area contributed by atoms with E-state index in [1.54, 1.807) is 18.2 Å². The molecule has 2 aromatic carbocycles. The van der Waals surface area contributed by atoms with Crippen molar-refractivity contribution in [1.82, 2.24) is 15.4 Å². The van der Waals surface area contributed by atoms with Gasteiger partial charge >= 0.3 is 5.97 Å². The summed E-state index contributed by atoms with van der Waals surface area (Å²) in [5.74, 6) is -0.431. The summed E-state index contributed by atoms with van der Waals surface area (Å²) in [5.41, 5.74) is 11.7. The first-order valence-corrected chi connectivity index (χ1v) is 9.12. The van der Waals surface area contributed by atoms with Gasteiger partial charge in [-0.2, -0.15) is 4.98 Å². The van der Waals surface area contributed by atoms with Crippen LogP contribution in [0.5, 0.6) is 11.6 Å². The van der Waals surface area contributed by atoms with Gasteiger partial charge < -0.3 is 15.2 Å². The topological polar surface area (TPSA) is 128 Å². The molecule has 154 valence electrons. The van der Waals surface area contributed by atoms with Gasteiger partial charge in [0, 0.05) is 5.02 Å². The van der Waals surface area contributed by atoms with Crippen molar-refractivity contribution in [2.24, 2.45) is 0 Å². The molecule has 0 radical (unpaired) electrons. The highest BCUT2D eigenvalue weighted by atomic mass is 35.5. The Morgan fingerprint density at radius 1 is 1.07 bits per heavy atom. The van der Waals surface area contributed by atoms with Gasteiger partial charge in [-0.15, -0.1) is 0 Å². The number of nitrogen functional groups attached to an aromatic ring is 1. The van der Waals surface area contributed by atoms with Crippen LogP contribution in [-0.2, 0) is 4.74 Å². The lowest BCUT2D eigenvalue weighted by Crippen LogP contribution is -2.30. The maximum Gasteiger partial charge on any atom is 0.337 e. The smallest absolute Gasteiger partial charge is 0.337 e. The van der Waals surface area contributed by atoms with Gasteiger partial charge in [-0.1, -0.05) is 23.2 Å². The molecule has 1 aromatic heterocycles. The number of nitrogens with zero attached hydrogens (tertiary/aromatic N) is 2. The molecule has 0 unspecified atom stereocenters. The van der Waals surface area contributed by atoms with Crippen molar-refractivity contribution in [2.45, 2.75) is 0 Å². The van der Waals surface area contributed by atoms with Crippen LogP contribution in [0.4, 0.5) is 11.5 Å². The summed E-state index contributed by atoms with van der Waals surface area (Å²) in [5, 5.41) is 0.600. The number of nitrogens with two attached hydrogens (primary N) is 1. The maximum atomic E-state index is 12.3. The fraction of sp³-hybridized carbons (Fsp3) is 0.0526. The standard InChI is InChI=1S/C19H15Cl2N5O4/c1-29-19(28)10-2-5-12(6-3-10)30-18-15(22)16(23-9-24-18)25-26-17(27)13-7-4-11(20)8-14(13)21/h2-9H,22H2,1H3,(H,26,27)(H,23,24,25). The number of rotatable bonds is 6. The molecule has 0 aliphatic rings. The number of benzene rings is 2. The van der Waals surface area contributed by atoms with Gasteiger partial charge in [0.2, 0.25) is 5.88 Å². The summed E-state index contributed by atoms with van der Waals surface area (Å²) < 4.78 is 10.3. The Labute approximate surface area is 181 Å². The van der Waals surface area contributed by atoms with Crippen LogP contribution in [0.25, 0.3) is 0 Å². The Morgan fingerprint density at radius 2 is 1.80 bits per heavy atom. The van der Waals surface area contributed by atoms with Crippen molar-refractivity contribution < 1.29 is 19.1 Å². The molecule has 30 heavy (non-hydrogen) atoms. The molecule has 0 fully saturated rings. The lowest BCUT2D eigenvalue weighted by molar-refractivity contribution is 0.0600. The number of nitrogens with one attached hydrogen (secondary N) is 2. The van der Waals surface area contributed by atoms with Gasteiger partial charge in [0.05, 0.1) is 23.3 Å². The van der Waals surface area contributed by atoms with E-state index in [-0.39, 0.29) is 28.0 Å². The average Bonchev–Trinajstić information content (AvgIpc) is 2.74. The first-order valence-electron chi connectivity index (χ1n) is 8.37. The van der Waals surface area contributed by atoms with E-state index in [2.05, 4.69) is 25.6 Å². The number of anilines is 2.